The summed E-state index contributed by atoms with van der Waals surface area (Å²) in [4.78, 5) is 14.2. The number of hydrogen-bond donors (Lipinski definition) is 1. The second-order valence-electron chi connectivity index (χ2n) is 6.20. The first-order chi connectivity index (χ1) is 11.7. The number of carbonyl (C=O) groups excluding carboxylic acids is 1. The molecule has 3 heteroatoms. The standard InChI is InChI=1S/C21H24N2O/c1-17-7-5-6-8-18(17)11-14-22-21(24)23-15-12-20(13-16-23)19-9-3-2-4-10-19/h2-10,12H,11,13-16H2,1H3,(H,22,24). The van der Waals surface area contributed by atoms with E-state index < -0.39 is 0 Å². The van der Waals surface area contributed by atoms with E-state index >= 15 is 0 Å². The van der Waals surface area contributed by atoms with E-state index in [9.17, 15) is 4.79 Å². The van der Waals surface area contributed by atoms with Crippen LogP contribution in [0.3, 0.4) is 0 Å². The van der Waals surface area contributed by atoms with Gasteiger partial charge in [-0.05, 0) is 42.0 Å². The highest BCUT2D eigenvalue weighted by atomic mass is 16.2. The van der Waals surface area contributed by atoms with E-state index in [-0.39, 0.29) is 6.03 Å². The first-order valence-electron chi connectivity index (χ1n) is 8.56. The highest BCUT2D eigenvalue weighted by Gasteiger charge is 2.17. The molecule has 0 saturated heterocycles. The molecule has 2 aromatic carbocycles. The average molecular weight is 320 g/mol. The van der Waals surface area contributed by atoms with Crippen molar-refractivity contribution in [3.63, 3.8) is 0 Å². The van der Waals surface area contributed by atoms with E-state index in [1.165, 1.54) is 22.3 Å². The Morgan fingerprint density at radius 1 is 1.08 bits per heavy atom. The molecular formula is C21H24N2O. The van der Waals surface area contributed by atoms with Crippen molar-refractivity contribution in [2.24, 2.45) is 0 Å². The van der Waals surface area contributed by atoms with Gasteiger partial charge in [0.1, 0.15) is 0 Å². The Bertz CT molecular complexity index is 722. The fourth-order valence-corrected chi connectivity index (χ4v) is 3.07. The molecule has 0 atom stereocenters. The zero-order chi connectivity index (χ0) is 16.8. The zero-order valence-corrected chi connectivity index (χ0v) is 14.2. The van der Waals surface area contributed by atoms with Crippen LogP contribution in [0.1, 0.15) is 23.1 Å². The molecule has 0 radical (unpaired) electrons. The maximum atomic E-state index is 12.3. The van der Waals surface area contributed by atoms with Crippen LogP contribution < -0.4 is 5.32 Å². The lowest BCUT2D eigenvalue weighted by Gasteiger charge is -2.27. The molecule has 2 amide bonds. The van der Waals surface area contributed by atoms with Crippen molar-refractivity contribution < 1.29 is 4.79 Å². The van der Waals surface area contributed by atoms with Gasteiger partial charge >= 0.3 is 6.03 Å². The highest BCUT2D eigenvalue weighted by Crippen LogP contribution is 2.21. The van der Waals surface area contributed by atoms with Gasteiger partial charge in [0.15, 0.2) is 0 Å². The predicted molar refractivity (Wildman–Crippen MR) is 98.9 cm³/mol. The molecule has 0 bridgehead atoms. The first kappa shape index (κ1) is 16.3. The minimum atomic E-state index is 0.0342. The van der Waals surface area contributed by atoms with Crippen LogP contribution in [0.5, 0.6) is 0 Å². The van der Waals surface area contributed by atoms with Gasteiger partial charge in [-0.3, -0.25) is 0 Å². The topological polar surface area (TPSA) is 32.3 Å². The van der Waals surface area contributed by atoms with Crippen LogP contribution in [-0.4, -0.2) is 30.6 Å². The van der Waals surface area contributed by atoms with Crippen molar-refractivity contribution in [3.05, 3.63) is 77.4 Å². The molecule has 1 aliphatic rings. The molecule has 2 aromatic rings. The minimum Gasteiger partial charge on any atom is -0.338 e. The fourth-order valence-electron chi connectivity index (χ4n) is 3.07. The second kappa shape index (κ2) is 7.82. The van der Waals surface area contributed by atoms with E-state index in [0.717, 1.165) is 19.4 Å². The van der Waals surface area contributed by atoms with Crippen molar-refractivity contribution in [1.82, 2.24) is 10.2 Å². The molecule has 1 aliphatic heterocycles. The van der Waals surface area contributed by atoms with Crippen molar-refractivity contribution in [2.45, 2.75) is 19.8 Å². The lowest BCUT2D eigenvalue weighted by Crippen LogP contribution is -2.42. The van der Waals surface area contributed by atoms with Crippen LogP contribution in [0.4, 0.5) is 4.79 Å². The van der Waals surface area contributed by atoms with Gasteiger partial charge in [0.2, 0.25) is 0 Å². The number of rotatable bonds is 4. The molecule has 0 unspecified atom stereocenters. The van der Waals surface area contributed by atoms with Crippen molar-refractivity contribution >= 4 is 11.6 Å². The molecule has 1 heterocycles. The molecule has 0 spiro atoms. The number of benzene rings is 2. The van der Waals surface area contributed by atoms with Crippen molar-refractivity contribution in [3.8, 4) is 0 Å². The lowest BCUT2D eigenvalue weighted by molar-refractivity contribution is 0.203. The van der Waals surface area contributed by atoms with Gasteiger partial charge in [0.25, 0.3) is 0 Å². The molecule has 124 valence electrons. The quantitative estimate of drug-likeness (QED) is 0.906. The Morgan fingerprint density at radius 3 is 2.54 bits per heavy atom. The van der Waals surface area contributed by atoms with Crippen LogP contribution in [-0.2, 0) is 6.42 Å². The smallest absolute Gasteiger partial charge is 0.317 e. The van der Waals surface area contributed by atoms with E-state index in [0.29, 0.717) is 13.1 Å². The Balaban J connectivity index is 1.49. The number of hydrogen-bond acceptors (Lipinski definition) is 1. The third-order valence-electron chi connectivity index (χ3n) is 4.57. The van der Waals surface area contributed by atoms with E-state index in [4.69, 9.17) is 0 Å². The molecular weight excluding hydrogens is 296 g/mol. The second-order valence-corrected chi connectivity index (χ2v) is 6.20. The van der Waals surface area contributed by atoms with E-state index in [1.807, 2.05) is 23.1 Å². The summed E-state index contributed by atoms with van der Waals surface area (Å²) < 4.78 is 0. The number of nitrogens with zero attached hydrogens (tertiary/aromatic N) is 1. The molecule has 3 nitrogen and oxygen atoms in total. The summed E-state index contributed by atoms with van der Waals surface area (Å²) in [6.07, 6.45) is 3.95. The largest absolute Gasteiger partial charge is 0.338 e. The number of aryl methyl sites for hydroxylation is 1. The molecule has 0 saturated carbocycles. The summed E-state index contributed by atoms with van der Waals surface area (Å²) in [5, 5.41) is 3.04. The SMILES string of the molecule is Cc1ccccc1CCNC(=O)N1CC=C(c2ccccc2)CC1. The van der Waals surface area contributed by atoms with Gasteiger partial charge in [0.05, 0.1) is 0 Å². The van der Waals surface area contributed by atoms with Crippen molar-refractivity contribution in [2.75, 3.05) is 19.6 Å². The maximum Gasteiger partial charge on any atom is 0.317 e. The van der Waals surface area contributed by atoms with Gasteiger partial charge in [0, 0.05) is 19.6 Å². The molecule has 0 fully saturated rings. The van der Waals surface area contributed by atoms with Gasteiger partial charge < -0.3 is 10.2 Å². The van der Waals surface area contributed by atoms with Crippen LogP contribution >= 0.6 is 0 Å². The number of carbonyl (C=O) groups is 1. The Morgan fingerprint density at radius 2 is 1.83 bits per heavy atom. The van der Waals surface area contributed by atoms with Crippen LogP contribution in [0.25, 0.3) is 5.57 Å². The Hall–Kier alpha value is -2.55. The van der Waals surface area contributed by atoms with Crippen LogP contribution in [0.15, 0.2) is 60.7 Å². The molecule has 0 aliphatic carbocycles. The minimum absolute atomic E-state index is 0.0342. The first-order valence-corrected chi connectivity index (χ1v) is 8.56. The van der Waals surface area contributed by atoms with Gasteiger partial charge in [-0.15, -0.1) is 0 Å². The molecule has 0 aromatic heterocycles. The number of nitrogens with one attached hydrogen (secondary N) is 1. The monoisotopic (exact) mass is 320 g/mol. The van der Waals surface area contributed by atoms with Crippen molar-refractivity contribution in [1.29, 1.82) is 0 Å². The number of urea groups is 1. The third-order valence-corrected chi connectivity index (χ3v) is 4.57. The van der Waals surface area contributed by atoms with Gasteiger partial charge in [-0.2, -0.15) is 0 Å². The Kier molecular flexibility index (Phi) is 5.32. The summed E-state index contributed by atoms with van der Waals surface area (Å²) in [6.45, 7) is 4.24. The van der Waals surface area contributed by atoms with E-state index in [2.05, 4.69) is 54.7 Å². The third kappa shape index (κ3) is 4.05. The fraction of sp³-hybridized carbons (Fsp3) is 0.286. The molecule has 1 N–H and O–H groups in total. The summed E-state index contributed by atoms with van der Waals surface area (Å²) in [5.41, 5.74) is 5.17. The summed E-state index contributed by atoms with van der Waals surface area (Å²) in [5.74, 6) is 0. The van der Waals surface area contributed by atoms with Crippen LogP contribution in [0, 0.1) is 6.92 Å². The predicted octanol–water partition coefficient (Wildman–Crippen LogP) is 4.04. The van der Waals surface area contributed by atoms with Gasteiger partial charge in [-0.1, -0.05) is 60.7 Å². The number of amides is 2. The summed E-state index contributed by atoms with van der Waals surface area (Å²) >= 11 is 0. The summed E-state index contributed by atoms with van der Waals surface area (Å²) in [6, 6.07) is 18.8. The van der Waals surface area contributed by atoms with Gasteiger partial charge in [-0.25, -0.2) is 4.79 Å². The molecule has 24 heavy (non-hydrogen) atoms. The zero-order valence-electron chi connectivity index (χ0n) is 14.2. The highest BCUT2D eigenvalue weighted by molar-refractivity contribution is 5.76. The van der Waals surface area contributed by atoms with E-state index in [1.54, 1.807) is 0 Å². The normalized spacial score (nSPS) is 14.2. The summed E-state index contributed by atoms with van der Waals surface area (Å²) in [7, 11) is 0. The average Bonchev–Trinajstić information content (AvgIpc) is 2.64. The molecule has 3 rings (SSSR count). The lowest BCUT2D eigenvalue weighted by atomic mass is 10.00. The maximum absolute atomic E-state index is 12.3. The Labute approximate surface area is 144 Å². The van der Waals surface area contributed by atoms with Crippen LogP contribution in [0.2, 0.25) is 0 Å².